The molecule has 1 saturated carbocycles. The maximum absolute atomic E-state index is 13.7. The number of amides is 1. The monoisotopic (exact) mass is 460 g/mol. The number of nitrogens with two attached hydrogens (primary N) is 1. The van der Waals surface area contributed by atoms with Crippen LogP contribution in [0.15, 0.2) is 36.4 Å². The Balaban J connectivity index is 1.67. The van der Waals surface area contributed by atoms with Gasteiger partial charge in [-0.25, -0.2) is 13.6 Å². The molecule has 6 nitrogen and oxygen atoms in total. The number of carbonyl (C=O) groups is 2. The number of carbonyl (C=O) groups excluding carboxylic acids is 1. The zero-order valence-corrected chi connectivity index (χ0v) is 18.9. The van der Waals surface area contributed by atoms with Crippen molar-refractivity contribution >= 4 is 23.4 Å². The number of nitrogens with one attached hydrogen (secondary N) is 1. The molecule has 1 unspecified atom stereocenters. The highest BCUT2D eigenvalue weighted by Gasteiger charge is 2.34. The van der Waals surface area contributed by atoms with Gasteiger partial charge in [0.05, 0.1) is 5.92 Å². The number of halogens is 2. The van der Waals surface area contributed by atoms with Crippen molar-refractivity contribution < 1.29 is 28.2 Å². The molecule has 0 aromatic heterocycles. The molecule has 0 radical (unpaired) electrons. The van der Waals surface area contributed by atoms with Crippen molar-refractivity contribution in [2.75, 3.05) is 11.1 Å². The average Bonchev–Trinajstić information content (AvgIpc) is 3.25. The SMILES string of the molecule is CC(C)(CCc1cc(F)c(N)c(F)c1)OC(=O)Nc1ccccc1C(C(=O)O)C1CCCC1. The molecular formula is C25H30F2N2O4. The zero-order chi connectivity index (χ0) is 24.2. The van der Waals surface area contributed by atoms with E-state index in [1.807, 2.05) is 0 Å². The largest absolute Gasteiger partial charge is 0.481 e. The lowest BCUT2D eigenvalue weighted by molar-refractivity contribution is -0.140. The van der Waals surface area contributed by atoms with Gasteiger partial charge in [0.2, 0.25) is 0 Å². The molecule has 0 saturated heterocycles. The average molecular weight is 461 g/mol. The van der Waals surface area contributed by atoms with Gasteiger partial charge in [-0.2, -0.15) is 0 Å². The predicted molar refractivity (Wildman–Crippen MR) is 122 cm³/mol. The predicted octanol–water partition coefficient (Wildman–Crippen LogP) is 5.87. The summed E-state index contributed by atoms with van der Waals surface area (Å²) in [5.41, 5.74) is 5.20. The van der Waals surface area contributed by atoms with Crippen LogP contribution in [0.5, 0.6) is 0 Å². The molecule has 0 aliphatic heterocycles. The number of carboxylic acids is 1. The van der Waals surface area contributed by atoms with Gasteiger partial charge in [-0.15, -0.1) is 0 Å². The molecule has 2 aromatic carbocycles. The Hall–Kier alpha value is -3.16. The standard InChI is InChI=1S/C25H30F2N2O4/c1-25(2,12-11-15-13-18(26)22(28)19(27)14-15)33-24(32)29-20-10-6-5-9-17(20)21(23(30)31)16-7-3-4-8-16/h5-6,9-10,13-14,16,21H,3-4,7-8,11-12,28H2,1-2H3,(H,29,32)(H,30,31). The fourth-order valence-electron chi connectivity index (χ4n) is 4.43. The Morgan fingerprint density at radius 3 is 2.39 bits per heavy atom. The van der Waals surface area contributed by atoms with Crippen LogP contribution >= 0.6 is 0 Å². The van der Waals surface area contributed by atoms with Crippen LogP contribution in [0.25, 0.3) is 0 Å². The summed E-state index contributed by atoms with van der Waals surface area (Å²) < 4.78 is 32.9. The van der Waals surface area contributed by atoms with E-state index in [-0.39, 0.29) is 12.3 Å². The van der Waals surface area contributed by atoms with Crippen molar-refractivity contribution in [2.24, 2.45) is 5.92 Å². The molecule has 1 atom stereocenters. The van der Waals surface area contributed by atoms with E-state index in [9.17, 15) is 23.5 Å². The molecule has 0 heterocycles. The minimum absolute atomic E-state index is 0.0265. The molecule has 0 bridgehead atoms. The van der Waals surface area contributed by atoms with Crippen LogP contribution in [-0.4, -0.2) is 22.8 Å². The highest BCUT2D eigenvalue weighted by Crippen LogP contribution is 2.40. The summed E-state index contributed by atoms with van der Waals surface area (Å²) in [6.45, 7) is 3.39. The third kappa shape index (κ3) is 6.21. The van der Waals surface area contributed by atoms with Gasteiger partial charge in [-0.3, -0.25) is 10.1 Å². The van der Waals surface area contributed by atoms with Gasteiger partial charge in [0.25, 0.3) is 0 Å². The van der Waals surface area contributed by atoms with E-state index in [2.05, 4.69) is 5.32 Å². The van der Waals surface area contributed by atoms with Gasteiger partial charge in [-0.05, 0) is 74.8 Å². The molecule has 1 aliphatic carbocycles. The van der Waals surface area contributed by atoms with Gasteiger partial charge in [0.1, 0.15) is 22.9 Å². The molecule has 1 aliphatic rings. The summed E-state index contributed by atoms with van der Waals surface area (Å²) in [4.78, 5) is 24.7. The first-order valence-corrected chi connectivity index (χ1v) is 11.1. The highest BCUT2D eigenvalue weighted by molar-refractivity contribution is 5.88. The summed E-state index contributed by atoms with van der Waals surface area (Å²) in [6.07, 6.45) is 3.55. The minimum Gasteiger partial charge on any atom is -0.481 e. The summed E-state index contributed by atoms with van der Waals surface area (Å²) in [5.74, 6) is -3.24. The third-order valence-electron chi connectivity index (χ3n) is 6.19. The molecule has 2 aromatic rings. The van der Waals surface area contributed by atoms with Crippen LogP contribution in [0.4, 0.5) is 25.0 Å². The van der Waals surface area contributed by atoms with Crippen LogP contribution in [0.3, 0.4) is 0 Å². The topological polar surface area (TPSA) is 102 Å². The van der Waals surface area contributed by atoms with Gasteiger partial charge < -0.3 is 15.6 Å². The minimum atomic E-state index is -0.939. The zero-order valence-electron chi connectivity index (χ0n) is 18.9. The van der Waals surface area contributed by atoms with E-state index in [4.69, 9.17) is 10.5 Å². The van der Waals surface area contributed by atoms with Gasteiger partial charge in [0, 0.05) is 5.69 Å². The second kappa shape index (κ2) is 10.2. The van der Waals surface area contributed by atoms with Crippen molar-refractivity contribution in [3.8, 4) is 0 Å². The fraction of sp³-hybridized carbons (Fsp3) is 0.440. The smallest absolute Gasteiger partial charge is 0.412 e. The quantitative estimate of drug-likeness (QED) is 0.428. The molecule has 178 valence electrons. The maximum Gasteiger partial charge on any atom is 0.412 e. The molecule has 3 rings (SSSR count). The number of anilines is 2. The number of ether oxygens (including phenoxy) is 1. The van der Waals surface area contributed by atoms with Crippen LogP contribution in [-0.2, 0) is 16.0 Å². The Morgan fingerprint density at radius 2 is 1.79 bits per heavy atom. The van der Waals surface area contributed by atoms with E-state index >= 15 is 0 Å². The number of carboxylic acid groups (broad SMARTS) is 1. The molecule has 33 heavy (non-hydrogen) atoms. The summed E-state index contributed by atoms with van der Waals surface area (Å²) in [5, 5.41) is 12.5. The van der Waals surface area contributed by atoms with E-state index in [1.165, 1.54) is 12.1 Å². The molecule has 1 amide bonds. The molecular weight excluding hydrogens is 430 g/mol. The van der Waals surface area contributed by atoms with E-state index < -0.39 is 40.9 Å². The lowest BCUT2D eigenvalue weighted by atomic mass is 9.84. The van der Waals surface area contributed by atoms with Crippen LogP contribution < -0.4 is 11.1 Å². The lowest BCUT2D eigenvalue weighted by Crippen LogP contribution is -2.32. The van der Waals surface area contributed by atoms with Crippen LogP contribution in [0, 0.1) is 17.6 Å². The first-order valence-electron chi connectivity index (χ1n) is 11.1. The van der Waals surface area contributed by atoms with Crippen molar-refractivity contribution in [3.05, 3.63) is 59.2 Å². The molecule has 1 fully saturated rings. The number of hydrogen-bond acceptors (Lipinski definition) is 4. The van der Waals surface area contributed by atoms with Crippen molar-refractivity contribution in [2.45, 2.75) is 63.9 Å². The first-order chi connectivity index (χ1) is 15.6. The van der Waals surface area contributed by atoms with Gasteiger partial charge in [-0.1, -0.05) is 31.0 Å². The normalized spacial score (nSPS) is 15.3. The summed E-state index contributed by atoms with van der Waals surface area (Å²) in [6, 6.07) is 9.20. The van der Waals surface area contributed by atoms with Gasteiger partial charge >= 0.3 is 12.1 Å². The maximum atomic E-state index is 13.7. The Bertz CT molecular complexity index is 996. The van der Waals surface area contributed by atoms with Crippen molar-refractivity contribution in [3.63, 3.8) is 0 Å². The number of aliphatic carboxylic acids is 1. The van der Waals surface area contributed by atoms with Crippen molar-refractivity contribution in [1.29, 1.82) is 0 Å². The molecule has 4 N–H and O–H groups in total. The van der Waals surface area contributed by atoms with Crippen molar-refractivity contribution in [1.82, 2.24) is 0 Å². The van der Waals surface area contributed by atoms with E-state index in [0.29, 0.717) is 23.2 Å². The number of para-hydroxylation sites is 1. The second-order valence-corrected chi connectivity index (χ2v) is 9.20. The van der Waals surface area contributed by atoms with Crippen LogP contribution in [0.2, 0.25) is 0 Å². The molecule has 8 heteroatoms. The Kier molecular flexibility index (Phi) is 7.56. The van der Waals surface area contributed by atoms with E-state index in [1.54, 1.807) is 38.1 Å². The summed E-state index contributed by atoms with van der Waals surface area (Å²) >= 11 is 0. The second-order valence-electron chi connectivity index (χ2n) is 9.20. The molecule has 0 spiro atoms. The summed E-state index contributed by atoms with van der Waals surface area (Å²) in [7, 11) is 0. The van der Waals surface area contributed by atoms with Gasteiger partial charge in [0.15, 0.2) is 0 Å². The number of nitrogen functional groups attached to an aromatic ring is 1. The third-order valence-corrected chi connectivity index (χ3v) is 6.19. The Labute approximate surface area is 192 Å². The first kappa shape index (κ1) is 24.5. The lowest BCUT2D eigenvalue weighted by Gasteiger charge is -2.26. The van der Waals surface area contributed by atoms with E-state index in [0.717, 1.165) is 25.7 Å². The number of benzene rings is 2. The fourth-order valence-corrected chi connectivity index (χ4v) is 4.43. The Morgan fingerprint density at radius 1 is 1.18 bits per heavy atom. The van der Waals surface area contributed by atoms with Crippen LogP contribution in [0.1, 0.15) is 63.0 Å². The number of rotatable bonds is 8. The number of aryl methyl sites for hydroxylation is 1. The number of hydrogen-bond donors (Lipinski definition) is 3. The highest BCUT2D eigenvalue weighted by atomic mass is 19.1.